The summed E-state index contributed by atoms with van der Waals surface area (Å²) in [7, 11) is 0. The van der Waals surface area contributed by atoms with Crippen LogP contribution in [0.3, 0.4) is 0 Å². The molecule has 0 saturated carbocycles. The zero-order chi connectivity index (χ0) is 21.5. The van der Waals surface area contributed by atoms with Crippen molar-refractivity contribution in [2.75, 3.05) is 0 Å². The van der Waals surface area contributed by atoms with Crippen LogP contribution in [0.15, 0.2) is 84.0 Å². The van der Waals surface area contributed by atoms with Gasteiger partial charge in [-0.2, -0.15) is 0 Å². The van der Waals surface area contributed by atoms with Gasteiger partial charge in [-0.1, -0.05) is 60.1 Å². The first-order valence-electron chi connectivity index (χ1n) is 9.81. The second kappa shape index (κ2) is 10.0. The van der Waals surface area contributed by atoms with Gasteiger partial charge in [0.25, 0.3) is 5.91 Å². The molecule has 1 amide bonds. The molecule has 5 nitrogen and oxygen atoms in total. The van der Waals surface area contributed by atoms with Gasteiger partial charge in [0, 0.05) is 12.2 Å². The number of nitrogens with zero attached hydrogens (tertiary/aromatic N) is 2. The summed E-state index contributed by atoms with van der Waals surface area (Å²) in [5, 5.41) is 3.33. The first-order chi connectivity index (χ1) is 14.5. The van der Waals surface area contributed by atoms with E-state index in [0.717, 1.165) is 5.56 Å². The Morgan fingerprint density at radius 2 is 1.63 bits per heavy atom. The molecule has 1 heterocycles. The van der Waals surface area contributed by atoms with E-state index in [1.54, 1.807) is 42.6 Å². The third-order valence-corrected chi connectivity index (χ3v) is 4.83. The van der Waals surface area contributed by atoms with Crippen LogP contribution in [-0.4, -0.2) is 22.4 Å². The Kier molecular flexibility index (Phi) is 7.20. The van der Waals surface area contributed by atoms with Crippen molar-refractivity contribution in [1.29, 1.82) is 0 Å². The van der Waals surface area contributed by atoms with Crippen LogP contribution in [0.4, 0.5) is 0 Å². The minimum absolute atomic E-state index is 0.0521. The van der Waals surface area contributed by atoms with E-state index in [2.05, 4.69) is 10.3 Å². The molecular weight excluding hydrogens is 398 g/mol. The second-order valence-electron chi connectivity index (χ2n) is 7.17. The largest absolute Gasteiger partial charge is 0.345 e. The molecule has 3 aromatic rings. The summed E-state index contributed by atoms with van der Waals surface area (Å²) < 4.78 is 1.53. The van der Waals surface area contributed by atoms with E-state index in [0.29, 0.717) is 16.1 Å². The monoisotopic (exact) mass is 421 g/mol. The topological polar surface area (TPSA) is 63.5 Å². The summed E-state index contributed by atoms with van der Waals surface area (Å²) in [4.78, 5) is 30.5. The van der Waals surface area contributed by atoms with E-state index in [1.807, 2.05) is 50.2 Å². The van der Waals surface area contributed by atoms with Crippen molar-refractivity contribution in [3.05, 3.63) is 101 Å². The number of carbonyl (C=O) groups is 2. The van der Waals surface area contributed by atoms with Crippen molar-refractivity contribution < 1.29 is 9.59 Å². The summed E-state index contributed by atoms with van der Waals surface area (Å²) >= 11 is 6.18. The summed E-state index contributed by atoms with van der Waals surface area (Å²) in [5.41, 5.74) is 1.79. The Labute approximate surface area is 181 Å². The highest BCUT2D eigenvalue weighted by atomic mass is 35.5. The molecule has 1 N–H and O–H groups in total. The summed E-state index contributed by atoms with van der Waals surface area (Å²) in [6, 6.07) is 21.3. The molecule has 0 saturated heterocycles. The number of aromatic nitrogens is 1. The fourth-order valence-corrected chi connectivity index (χ4v) is 3.33. The van der Waals surface area contributed by atoms with Gasteiger partial charge in [0.1, 0.15) is 5.49 Å². The van der Waals surface area contributed by atoms with Crippen molar-refractivity contribution in [2.24, 2.45) is 4.99 Å². The van der Waals surface area contributed by atoms with Gasteiger partial charge in [0.2, 0.25) is 5.91 Å². The molecule has 0 aliphatic heterocycles. The molecule has 0 aliphatic rings. The van der Waals surface area contributed by atoms with Crippen LogP contribution in [0.1, 0.15) is 47.0 Å². The molecule has 30 heavy (non-hydrogen) atoms. The predicted molar refractivity (Wildman–Crippen MR) is 118 cm³/mol. The molecule has 0 radical (unpaired) electrons. The standard InChI is InChI=1S/C24H24ClN3O2/c1-17(2)26-22-14-8-9-15-28(22)23(29)16-21(18-10-4-3-5-11-18)27-24(30)19-12-6-7-13-20(19)25/h3-15,17,21H,16H2,1-2H3,(H,27,30). The van der Waals surface area contributed by atoms with Gasteiger partial charge in [-0.15, -0.1) is 0 Å². The number of nitrogens with one attached hydrogen (secondary N) is 1. The van der Waals surface area contributed by atoms with Gasteiger partial charge in [-0.3, -0.25) is 19.1 Å². The lowest BCUT2D eigenvalue weighted by molar-refractivity contribution is 0.0863. The van der Waals surface area contributed by atoms with Gasteiger partial charge < -0.3 is 5.32 Å². The molecule has 0 fully saturated rings. The fraction of sp³-hybridized carbons (Fsp3) is 0.208. The maximum absolute atomic E-state index is 13.1. The molecule has 154 valence electrons. The first kappa shape index (κ1) is 21.5. The number of hydrogen-bond acceptors (Lipinski definition) is 3. The Hall–Kier alpha value is -3.18. The fourth-order valence-electron chi connectivity index (χ4n) is 3.11. The van der Waals surface area contributed by atoms with Gasteiger partial charge in [0.05, 0.1) is 23.0 Å². The average molecular weight is 422 g/mol. The number of amides is 1. The van der Waals surface area contributed by atoms with Crippen LogP contribution in [0.5, 0.6) is 0 Å². The molecule has 1 aromatic heterocycles. The number of halogens is 1. The SMILES string of the molecule is CC(C)N=c1ccccn1C(=O)CC(NC(=O)c1ccccc1Cl)c1ccccc1. The summed E-state index contributed by atoms with van der Waals surface area (Å²) in [6.45, 7) is 3.91. The van der Waals surface area contributed by atoms with E-state index in [-0.39, 0.29) is 24.3 Å². The zero-order valence-electron chi connectivity index (χ0n) is 17.0. The maximum atomic E-state index is 13.1. The summed E-state index contributed by atoms with van der Waals surface area (Å²) in [5.74, 6) is -0.490. The second-order valence-corrected chi connectivity index (χ2v) is 7.57. The van der Waals surface area contributed by atoms with E-state index >= 15 is 0 Å². The van der Waals surface area contributed by atoms with Crippen LogP contribution in [0.25, 0.3) is 0 Å². The molecule has 0 bridgehead atoms. The molecular formula is C24H24ClN3O2. The van der Waals surface area contributed by atoms with Crippen LogP contribution >= 0.6 is 11.6 Å². The van der Waals surface area contributed by atoms with Crippen LogP contribution < -0.4 is 10.8 Å². The number of rotatable bonds is 6. The van der Waals surface area contributed by atoms with Crippen molar-refractivity contribution in [2.45, 2.75) is 32.4 Å². The lowest BCUT2D eigenvalue weighted by atomic mass is 10.0. The Bertz CT molecular complexity index is 1090. The van der Waals surface area contributed by atoms with Gasteiger partial charge >= 0.3 is 0 Å². The lowest BCUT2D eigenvalue weighted by Gasteiger charge is -2.20. The number of pyridine rings is 1. The maximum Gasteiger partial charge on any atom is 0.253 e. The van der Waals surface area contributed by atoms with E-state index in [1.165, 1.54) is 4.57 Å². The highest BCUT2D eigenvalue weighted by Crippen LogP contribution is 2.20. The van der Waals surface area contributed by atoms with Crippen molar-refractivity contribution >= 4 is 23.4 Å². The highest BCUT2D eigenvalue weighted by Gasteiger charge is 2.21. The third kappa shape index (κ3) is 5.45. The molecule has 6 heteroatoms. The van der Waals surface area contributed by atoms with Crippen molar-refractivity contribution in [3.8, 4) is 0 Å². The van der Waals surface area contributed by atoms with E-state index < -0.39 is 6.04 Å². The molecule has 0 spiro atoms. The quantitative estimate of drug-likeness (QED) is 0.629. The minimum Gasteiger partial charge on any atom is -0.345 e. The molecule has 1 atom stereocenters. The minimum atomic E-state index is -0.512. The number of hydrogen-bond donors (Lipinski definition) is 1. The van der Waals surface area contributed by atoms with Gasteiger partial charge in [-0.25, -0.2) is 0 Å². The summed E-state index contributed by atoms with van der Waals surface area (Å²) in [6.07, 6.45) is 1.77. The van der Waals surface area contributed by atoms with Gasteiger partial charge in [0.15, 0.2) is 0 Å². The van der Waals surface area contributed by atoms with Crippen molar-refractivity contribution in [1.82, 2.24) is 9.88 Å². The Morgan fingerprint density at radius 1 is 0.967 bits per heavy atom. The highest BCUT2D eigenvalue weighted by molar-refractivity contribution is 6.33. The van der Waals surface area contributed by atoms with Crippen LogP contribution in [0.2, 0.25) is 5.02 Å². The smallest absolute Gasteiger partial charge is 0.253 e. The molecule has 3 rings (SSSR count). The van der Waals surface area contributed by atoms with Gasteiger partial charge in [-0.05, 0) is 43.7 Å². The molecule has 0 aliphatic carbocycles. The predicted octanol–water partition coefficient (Wildman–Crippen LogP) is 4.65. The first-order valence-corrected chi connectivity index (χ1v) is 10.2. The van der Waals surface area contributed by atoms with E-state index in [4.69, 9.17) is 11.6 Å². The van der Waals surface area contributed by atoms with Crippen LogP contribution in [0, 0.1) is 0 Å². The Balaban J connectivity index is 1.90. The van der Waals surface area contributed by atoms with Crippen molar-refractivity contribution in [3.63, 3.8) is 0 Å². The van der Waals surface area contributed by atoms with Crippen LogP contribution in [-0.2, 0) is 0 Å². The molecule has 1 unspecified atom stereocenters. The molecule has 2 aromatic carbocycles. The van der Waals surface area contributed by atoms with E-state index in [9.17, 15) is 9.59 Å². The average Bonchev–Trinajstić information content (AvgIpc) is 2.74. The number of carbonyl (C=O) groups excluding carboxylic acids is 2. The number of benzene rings is 2. The third-order valence-electron chi connectivity index (χ3n) is 4.50. The lowest BCUT2D eigenvalue weighted by Crippen LogP contribution is -2.34. The Morgan fingerprint density at radius 3 is 2.33 bits per heavy atom. The zero-order valence-corrected chi connectivity index (χ0v) is 17.7. The normalized spacial score (nSPS) is 12.6.